The Balaban J connectivity index is 2.56. The van der Waals surface area contributed by atoms with Crippen molar-refractivity contribution >= 4 is 5.97 Å². The van der Waals surface area contributed by atoms with Crippen molar-refractivity contribution in [1.29, 1.82) is 0 Å². The Morgan fingerprint density at radius 1 is 1.43 bits per heavy atom. The third-order valence-corrected chi connectivity index (χ3v) is 1.98. The number of methoxy groups -OCH3 is 1. The van der Waals surface area contributed by atoms with Crippen molar-refractivity contribution in [2.24, 2.45) is 0 Å². The van der Waals surface area contributed by atoms with Gasteiger partial charge in [0.2, 0.25) is 0 Å². The molecule has 0 aromatic carbocycles. The Bertz CT molecular complexity index is 219. The molecule has 0 spiro atoms. The smallest absolute Gasteiger partial charge is 0.405 e. The summed E-state index contributed by atoms with van der Waals surface area (Å²) >= 11 is 0. The Kier molecular flexibility index (Phi) is 3.33. The van der Waals surface area contributed by atoms with Gasteiger partial charge in [-0.15, -0.1) is 0 Å². The molecule has 0 radical (unpaired) electrons. The SMILES string of the molecule is COC(=O)C1CNCC(C(F)(F)F)N1. The molecule has 1 heterocycles. The molecule has 14 heavy (non-hydrogen) atoms. The van der Waals surface area contributed by atoms with Gasteiger partial charge >= 0.3 is 12.1 Å². The van der Waals surface area contributed by atoms with E-state index in [-0.39, 0.29) is 13.1 Å². The summed E-state index contributed by atoms with van der Waals surface area (Å²) in [6, 6.07) is -2.62. The highest BCUT2D eigenvalue weighted by Gasteiger charge is 2.43. The molecule has 2 N–H and O–H groups in total. The van der Waals surface area contributed by atoms with E-state index in [1.165, 1.54) is 0 Å². The summed E-state index contributed by atoms with van der Waals surface area (Å²) in [5.41, 5.74) is 0. The van der Waals surface area contributed by atoms with Gasteiger partial charge in [0.15, 0.2) is 0 Å². The van der Waals surface area contributed by atoms with Crippen LogP contribution in [0.25, 0.3) is 0 Å². The molecular formula is C7H11F3N2O2. The molecule has 0 aromatic rings. The van der Waals surface area contributed by atoms with Crippen LogP contribution in [0.1, 0.15) is 0 Å². The predicted molar refractivity (Wildman–Crippen MR) is 41.7 cm³/mol. The van der Waals surface area contributed by atoms with Crippen LogP contribution >= 0.6 is 0 Å². The lowest BCUT2D eigenvalue weighted by molar-refractivity contribution is -0.165. The van der Waals surface area contributed by atoms with Gasteiger partial charge in [-0.05, 0) is 0 Å². The number of rotatable bonds is 1. The largest absolute Gasteiger partial charge is 0.468 e. The summed E-state index contributed by atoms with van der Waals surface area (Å²) in [7, 11) is 1.14. The molecule has 1 aliphatic heterocycles. The number of halogens is 3. The summed E-state index contributed by atoms with van der Waals surface area (Å²) in [4.78, 5) is 10.9. The van der Waals surface area contributed by atoms with Crippen LogP contribution < -0.4 is 10.6 Å². The lowest BCUT2D eigenvalue weighted by Gasteiger charge is -2.31. The van der Waals surface area contributed by atoms with Crippen LogP contribution in [0.3, 0.4) is 0 Å². The fourth-order valence-corrected chi connectivity index (χ4v) is 1.24. The fourth-order valence-electron chi connectivity index (χ4n) is 1.24. The van der Waals surface area contributed by atoms with Gasteiger partial charge < -0.3 is 10.1 Å². The summed E-state index contributed by atoms with van der Waals surface area (Å²) in [5, 5.41) is 4.71. The zero-order valence-electron chi connectivity index (χ0n) is 7.52. The first-order chi connectivity index (χ1) is 6.45. The first-order valence-electron chi connectivity index (χ1n) is 4.06. The number of hydrogen-bond donors (Lipinski definition) is 2. The monoisotopic (exact) mass is 212 g/mol. The Morgan fingerprint density at radius 2 is 2.07 bits per heavy atom. The molecule has 7 heteroatoms. The standard InChI is InChI=1S/C7H11F3N2O2/c1-14-6(13)4-2-11-3-5(12-4)7(8,9)10/h4-5,11-12H,2-3H2,1H3. The normalized spacial score (nSPS) is 28.6. The number of piperazine rings is 1. The van der Waals surface area contributed by atoms with E-state index < -0.39 is 24.2 Å². The van der Waals surface area contributed by atoms with Gasteiger partial charge in [-0.25, -0.2) is 0 Å². The second-order valence-corrected chi connectivity index (χ2v) is 2.99. The molecule has 1 saturated heterocycles. The maximum absolute atomic E-state index is 12.2. The van der Waals surface area contributed by atoms with Crippen LogP contribution in [0.2, 0.25) is 0 Å². The van der Waals surface area contributed by atoms with E-state index in [1.54, 1.807) is 0 Å². The Morgan fingerprint density at radius 3 is 2.57 bits per heavy atom. The second-order valence-electron chi connectivity index (χ2n) is 2.99. The molecule has 1 aliphatic rings. The van der Waals surface area contributed by atoms with Gasteiger partial charge in [0.05, 0.1) is 7.11 Å². The highest BCUT2D eigenvalue weighted by atomic mass is 19.4. The Labute approximate surface area is 78.8 Å². The first kappa shape index (κ1) is 11.3. The zero-order chi connectivity index (χ0) is 10.8. The minimum absolute atomic E-state index is 0.152. The molecule has 0 bridgehead atoms. The van der Waals surface area contributed by atoms with Crippen molar-refractivity contribution < 1.29 is 22.7 Å². The number of alkyl halides is 3. The van der Waals surface area contributed by atoms with Crippen LogP contribution in [0.15, 0.2) is 0 Å². The second kappa shape index (κ2) is 4.14. The number of ether oxygens (including phenoxy) is 1. The fraction of sp³-hybridized carbons (Fsp3) is 0.857. The maximum Gasteiger partial charge on any atom is 0.405 e. The quantitative estimate of drug-likeness (QED) is 0.583. The van der Waals surface area contributed by atoms with Crippen molar-refractivity contribution in [3.05, 3.63) is 0 Å². The minimum atomic E-state index is -4.35. The van der Waals surface area contributed by atoms with E-state index in [0.717, 1.165) is 7.11 Å². The van der Waals surface area contributed by atoms with Crippen molar-refractivity contribution in [2.75, 3.05) is 20.2 Å². The van der Waals surface area contributed by atoms with Crippen molar-refractivity contribution in [3.8, 4) is 0 Å². The summed E-state index contributed by atoms with van der Waals surface area (Å²) in [6.07, 6.45) is -4.35. The van der Waals surface area contributed by atoms with Crippen LogP contribution in [-0.2, 0) is 9.53 Å². The molecular weight excluding hydrogens is 201 g/mol. The number of nitrogens with one attached hydrogen (secondary N) is 2. The average Bonchev–Trinajstić information content (AvgIpc) is 2.15. The average molecular weight is 212 g/mol. The number of hydrogen-bond acceptors (Lipinski definition) is 4. The molecule has 1 fully saturated rings. The topological polar surface area (TPSA) is 50.4 Å². The minimum Gasteiger partial charge on any atom is -0.468 e. The molecule has 0 aromatic heterocycles. The summed E-state index contributed by atoms with van der Waals surface area (Å²) in [5.74, 6) is -0.688. The molecule has 1 rings (SSSR count). The molecule has 0 saturated carbocycles. The van der Waals surface area contributed by atoms with Crippen LogP contribution in [0.4, 0.5) is 13.2 Å². The highest BCUT2D eigenvalue weighted by Crippen LogP contribution is 2.21. The Hall–Kier alpha value is -0.820. The molecule has 2 unspecified atom stereocenters. The van der Waals surface area contributed by atoms with E-state index in [1.807, 2.05) is 0 Å². The van der Waals surface area contributed by atoms with Gasteiger partial charge in [-0.1, -0.05) is 0 Å². The van der Waals surface area contributed by atoms with E-state index >= 15 is 0 Å². The van der Waals surface area contributed by atoms with E-state index in [4.69, 9.17) is 0 Å². The molecule has 0 amide bonds. The number of carbonyl (C=O) groups excluding carboxylic acids is 1. The van der Waals surface area contributed by atoms with Gasteiger partial charge in [0.25, 0.3) is 0 Å². The van der Waals surface area contributed by atoms with Crippen LogP contribution in [-0.4, -0.2) is 44.4 Å². The lowest BCUT2D eigenvalue weighted by atomic mass is 10.1. The van der Waals surface area contributed by atoms with Crippen molar-refractivity contribution in [2.45, 2.75) is 18.3 Å². The highest BCUT2D eigenvalue weighted by molar-refractivity contribution is 5.76. The third-order valence-electron chi connectivity index (χ3n) is 1.98. The maximum atomic E-state index is 12.2. The molecule has 82 valence electrons. The van der Waals surface area contributed by atoms with Gasteiger partial charge in [0, 0.05) is 13.1 Å². The van der Waals surface area contributed by atoms with Crippen LogP contribution in [0, 0.1) is 0 Å². The van der Waals surface area contributed by atoms with Gasteiger partial charge in [-0.3, -0.25) is 10.1 Å². The zero-order valence-corrected chi connectivity index (χ0v) is 7.52. The van der Waals surface area contributed by atoms with Crippen molar-refractivity contribution in [1.82, 2.24) is 10.6 Å². The number of carbonyl (C=O) groups is 1. The molecule has 0 aliphatic carbocycles. The van der Waals surface area contributed by atoms with E-state index in [9.17, 15) is 18.0 Å². The number of esters is 1. The van der Waals surface area contributed by atoms with Crippen LogP contribution in [0.5, 0.6) is 0 Å². The molecule has 2 atom stereocenters. The van der Waals surface area contributed by atoms with Crippen molar-refractivity contribution in [3.63, 3.8) is 0 Å². The molecule has 4 nitrogen and oxygen atoms in total. The lowest BCUT2D eigenvalue weighted by Crippen LogP contribution is -2.62. The van der Waals surface area contributed by atoms with Gasteiger partial charge in [-0.2, -0.15) is 13.2 Å². The predicted octanol–water partition coefficient (Wildman–Crippen LogP) is -0.348. The summed E-state index contributed by atoms with van der Waals surface area (Å²) < 4.78 is 41.0. The first-order valence-corrected chi connectivity index (χ1v) is 4.06. The van der Waals surface area contributed by atoms with E-state index in [2.05, 4.69) is 15.4 Å². The van der Waals surface area contributed by atoms with Gasteiger partial charge in [0.1, 0.15) is 12.1 Å². The summed E-state index contributed by atoms with van der Waals surface area (Å²) in [6.45, 7) is -0.0732. The van der Waals surface area contributed by atoms with E-state index in [0.29, 0.717) is 0 Å². The third kappa shape index (κ3) is 2.58.